The smallest absolute Gasteiger partial charge is 0.336 e. The van der Waals surface area contributed by atoms with E-state index >= 15 is 0 Å². The van der Waals surface area contributed by atoms with E-state index in [0.717, 1.165) is 11.1 Å². The molecular formula is C22H25NO4S. The minimum Gasteiger partial charge on any atom is -0.457 e. The second kappa shape index (κ2) is 7.53. The van der Waals surface area contributed by atoms with Gasteiger partial charge in [0.15, 0.2) is 0 Å². The van der Waals surface area contributed by atoms with Crippen molar-refractivity contribution in [2.24, 2.45) is 0 Å². The van der Waals surface area contributed by atoms with Crippen LogP contribution in [0.4, 0.5) is 0 Å². The lowest BCUT2D eigenvalue weighted by Crippen LogP contribution is -2.34. The van der Waals surface area contributed by atoms with Gasteiger partial charge in [0.05, 0.1) is 16.5 Å². The van der Waals surface area contributed by atoms with E-state index in [1.807, 2.05) is 37.3 Å². The molecule has 2 aromatic rings. The van der Waals surface area contributed by atoms with Crippen LogP contribution < -0.4 is 0 Å². The summed E-state index contributed by atoms with van der Waals surface area (Å²) in [6.45, 7) is 7.39. The van der Waals surface area contributed by atoms with Crippen molar-refractivity contribution in [2.45, 2.75) is 44.2 Å². The molecule has 0 saturated carbocycles. The molecule has 0 N–H and O–H groups in total. The molecule has 148 valence electrons. The van der Waals surface area contributed by atoms with Crippen molar-refractivity contribution in [3.05, 3.63) is 77.4 Å². The van der Waals surface area contributed by atoms with E-state index in [1.165, 1.54) is 4.31 Å². The van der Waals surface area contributed by atoms with Gasteiger partial charge in [-0.05, 0) is 45.4 Å². The SMILES string of the molecule is Cc1ccc(S(=O)(=O)N2CC=C(C(=O)OC(C)(C)C)C2c2ccccc2)cc1. The van der Waals surface area contributed by atoms with Crippen molar-refractivity contribution in [1.29, 1.82) is 0 Å². The summed E-state index contributed by atoms with van der Waals surface area (Å²) in [5, 5.41) is 0. The Labute approximate surface area is 166 Å². The van der Waals surface area contributed by atoms with E-state index < -0.39 is 27.6 Å². The summed E-state index contributed by atoms with van der Waals surface area (Å²) >= 11 is 0. The number of benzene rings is 2. The summed E-state index contributed by atoms with van der Waals surface area (Å²) in [5.41, 5.74) is 1.39. The van der Waals surface area contributed by atoms with Gasteiger partial charge in [-0.3, -0.25) is 0 Å². The van der Waals surface area contributed by atoms with E-state index in [9.17, 15) is 13.2 Å². The second-order valence-electron chi connectivity index (χ2n) is 7.86. The molecule has 1 aliphatic rings. The van der Waals surface area contributed by atoms with Gasteiger partial charge in [0.25, 0.3) is 0 Å². The highest BCUT2D eigenvalue weighted by Crippen LogP contribution is 2.38. The average Bonchev–Trinajstić information content (AvgIpc) is 3.07. The normalized spacial score (nSPS) is 18.0. The van der Waals surface area contributed by atoms with Crippen LogP contribution in [-0.2, 0) is 19.6 Å². The number of carbonyl (C=O) groups excluding carboxylic acids is 1. The summed E-state index contributed by atoms with van der Waals surface area (Å²) in [5.74, 6) is -0.497. The van der Waals surface area contributed by atoms with E-state index in [-0.39, 0.29) is 11.4 Å². The van der Waals surface area contributed by atoms with E-state index in [2.05, 4.69) is 0 Å². The molecule has 2 aromatic carbocycles. The van der Waals surface area contributed by atoms with Crippen molar-refractivity contribution in [3.8, 4) is 0 Å². The Morgan fingerprint density at radius 3 is 2.21 bits per heavy atom. The van der Waals surface area contributed by atoms with Crippen LogP contribution in [0.25, 0.3) is 0 Å². The maximum atomic E-state index is 13.3. The van der Waals surface area contributed by atoms with E-state index in [4.69, 9.17) is 4.74 Å². The molecule has 1 aliphatic heterocycles. The van der Waals surface area contributed by atoms with Crippen LogP contribution in [0.2, 0.25) is 0 Å². The maximum absolute atomic E-state index is 13.3. The first-order valence-corrected chi connectivity index (χ1v) is 10.6. The molecule has 6 heteroatoms. The van der Waals surface area contributed by atoms with Gasteiger partial charge >= 0.3 is 5.97 Å². The van der Waals surface area contributed by atoms with Crippen LogP contribution in [0.1, 0.15) is 37.9 Å². The first-order valence-electron chi connectivity index (χ1n) is 9.16. The van der Waals surface area contributed by atoms with Crippen LogP contribution in [0.3, 0.4) is 0 Å². The lowest BCUT2D eigenvalue weighted by atomic mass is 10.0. The van der Waals surface area contributed by atoms with Crippen LogP contribution >= 0.6 is 0 Å². The minimum absolute atomic E-state index is 0.115. The Hall–Kier alpha value is -2.44. The standard InChI is InChI=1S/C22H25NO4S/c1-16-10-12-18(13-11-16)28(25,26)23-15-14-19(21(24)27-22(2,3)4)20(23)17-8-6-5-7-9-17/h5-14,20H,15H2,1-4H3. The van der Waals surface area contributed by atoms with Crippen molar-refractivity contribution in [1.82, 2.24) is 4.31 Å². The van der Waals surface area contributed by atoms with Gasteiger partial charge < -0.3 is 4.74 Å². The highest BCUT2D eigenvalue weighted by molar-refractivity contribution is 7.89. The Balaban J connectivity index is 2.02. The molecule has 0 spiro atoms. The molecule has 0 aliphatic carbocycles. The predicted molar refractivity (Wildman–Crippen MR) is 108 cm³/mol. The van der Waals surface area contributed by atoms with Gasteiger partial charge in [0, 0.05) is 6.54 Å². The molecule has 0 amide bonds. The van der Waals surface area contributed by atoms with Crippen molar-refractivity contribution < 1.29 is 17.9 Å². The molecule has 0 saturated heterocycles. The summed E-state index contributed by atoms with van der Waals surface area (Å²) in [6.07, 6.45) is 1.65. The van der Waals surface area contributed by atoms with Gasteiger partial charge in [-0.2, -0.15) is 4.31 Å². The molecule has 0 fully saturated rings. The number of aryl methyl sites for hydroxylation is 1. The number of sulfonamides is 1. The lowest BCUT2D eigenvalue weighted by Gasteiger charge is -2.28. The minimum atomic E-state index is -3.79. The zero-order valence-electron chi connectivity index (χ0n) is 16.5. The van der Waals surface area contributed by atoms with Gasteiger partial charge in [0.1, 0.15) is 5.60 Å². The Kier molecular flexibility index (Phi) is 5.46. The Morgan fingerprint density at radius 2 is 1.64 bits per heavy atom. The highest BCUT2D eigenvalue weighted by atomic mass is 32.2. The fourth-order valence-corrected chi connectivity index (χ4v) is 4.69. The molecule has 0 radical (unpaired) electrons. The molecule has 5 nitrogen and oxygen atoms in total. The van der Waals surface area contributed by atoms with Crippen molar-refractivity contribution >= 4 is 16.0 Å². The summed E-state index contributed by atoms with van der Waals surface area (Å²) < 4.78 is 33.5. The van der Waals surface area contributed by atoms with Crippen LogP contribution in [-0.4, -0.2) is 30.8 Å². The third-order valence-electron chi connectivity index (χ3n) is 4.45. The quantitative estimate of drug-likeness (QED) is 0.729. The fourth-order valence-electron chi connectivity index (χ4n) is 3.16. The summed E-state index contributed by atoms with van der Waals surface area (Å²) in [6, 6.07) is 15.2. The van der Waals surface area contributed by atoms with Crippen molar-refractivity contribution in [3.63, 3.8) is 0 Å². The number of ether oxygens (including phenoxy) is 1. The maximum Gasteiger partial charge on any atom is 0.336 e. The van der Waals surface area contributed by atoms with E-state index in [0.29, 0.717) is 5.57 Å². The van der Waals surface area contributed by atoms with Gasteiger partial charge in [0.2, 0.25) is 10.0 Å². The molecule has 0 bridgehead atoms. The third-order valence-corrected chi connectivity index (χ3v) is 6.30. The van der Waals surface area contributed by atoms with Gasteiger partial charge in [-0.15, -0.1) is 0 Å². The number of rotatable bonds is 4. The lowest BCUT2D eigenvalue weighted by molar-refractivity contribution is -0.150. The molecule has 28 heavy (non-hydrogen) atoms. The molecular weight excluding hydrogens is 374 g/mol. The van der Waals surface area contributed by atoms with E-state index in [1.54, 1.807) is 51.1 Å². The predicted octanol–water partition coefficient (Wildman–Crippen LogP) is 4.01. The zero-order chi connectivity index (χ0) is 20.5. The number of nitrogens with zero attached hydrogens (tertiary/aromatic N) is 1. The Bertz CT molecular complexity index is 987. The Morgan fingerprint density at radius 1 is 1.04 bits per heavy atom. The molecule has 1 unspecified atom stereocenters. The van der Waals surface area contributed by atoms with Gasteiger partial charge in [-0.1, -0.05) is 54.1 Å². The van der Waals surface area contributed by atoms with Crippen molar-refractivity contribution in [2.75, 3.05) is 6.54 Å². The first kappa shape index (κ1) is 20.3. The molecule has 0 aromatic heterocycles. The van der Waals surface area contributed by atoms with Gasteiger partial charge in [-0.25, -0.2) is 13.2 Å². The summed E-state index contributed by atoms with van der Waals surface area (Å²) in [7, 11) is -3.79. The average molecular weight is 400 g/mol. The summed E-state index contributed by atoms with van der Waals surface area (Å²) in [4.78, 5) is 13.0. The molecule has 3 rings (SSSR count). The zero-order valence-corrected chi connectivity index (χ0v) is 17.4. The van der Waals surface area contributed by atoms with Crippen LogP contribution in [0.15, 0.2) is 71.1 Å². The first-order chi connectivity index (χ1) is 13.1. The molecule has 1 atom stereocenters. The monoisotopic (exact) mass is 399 g/mol. The third kappa shape index (κ3) is 4.18. The second-order valence-corrected chi connectivity index (χ2v) is 9.75. The highest BCUT2D eigenvalue weighted by Gasteiger charge is 2.41. The van der Waals surface area contributed by atoms with Crippen LogP contribution in [0, 0.1) is 6.92 Å². The fraction of sp³-hybridized carbons (Fsp3) is 0.318. The number of hydrogen-bond acceptors (Lipinski definition) is 4. The number of hydrogen-bond donors (Lipinski definition) is 0. The molecule has 1 heterocycles. The largest absolute Gasteiger partial charge is 0.457 e. The number of carbonyl (C=O) groups is 1. The van der Waals surface area contributed by atoms with Crippen LogP contribution in [0.5, 0.6) is 0 Å². The topological polar surface area (TPSA) is 63.7 Å². The number of esters is 1.